The zero-order valence-corrected chi connectivity index (χ0v) is 11.0. The highest BCUT2D eigenvalue weighted by Crippen LogP contribution is 2.20. The number of aromatic carboxylic acids is 1. The summed E-state index contributed by atoms with van der Waals surface area (Å²) in [6.45, 7) is 2.41. The quantitative estimate of drug-likeness (QED) is 0.892. The molecule has 2 N–H and O–H groups in total. The van der Waals surface area contributed by atoms with E-state index in [0.717, 1.165) is 5.56 Å². The van der Waals surface area contributed by atoms with Crippen LogP contribution in [0.3, 0.4) is 0 Å². The Morgan fingerprint density at radius 2 is 1.95 bits per heavy atom. The van der Waals surface area contributed by atoms with Crippen molar-refractivity contribution >= 4 is 11.9 Å². The Bertz CT molecular complexity index is 653. The number of carboxylic acids is 1. The van der Waals surface area contributed by atoms with Crippen LogP contribution in [0.15, 0.2) is 42.6 Å². The predicted octanol–water partition coefficient (Wildman–Crippen LogP) is 2.20. The van der Waals surface area contributed by atoms with Crippen LogP contribution < -0.4 is 5.32 Å². The molecule has 0 aliphatic rings. The van der Waals surface area contributed by atoms with E-state index in [2.05, 4.69) is 10.3 Å². The fraction of sp³-hybridized carbons (Fsp3) is 0.133. The van der Waals surface area contributed by atoms with E-state index in [4.69, 9.17) is 5.11 Å². The summed E-state index contributed by atoms with van der Waals surface area (Å²) in [6, 6.07) is 10.2. The van der Waals surface area contributed by atoms with Gasteiger partial charge in [0.25, 0.3) is 5.91 Å². The fourth-order valence-electron chi connectivity index (χ4n) is 1.83. The zero-order chi connectivity index (χ0) is 14.5. The van der Waals surface area contributed by atoms with Gasteiger partial charge in [0.2, 0.25) is 0 Å². The molecule has 0 saturated carbocycles. The van der Waals surface area contributed by atoms with E-state index in [1.807, 2.05) is 13.0 Å². The van der Waals surface area contributed by atoms with E-state index in [0.29, 0.717) is 17.7 Å². The maximum absolute atomic E-state index is 11.8. The first-order valence-corrected chi connectivity index (χ1v) is 6.20. The van der Waals surface area contributed by atoms with Gasteiger partial charge in [-0.3, -0.25) is 4.79 Å². The largest absolute Gasteiger partial charge is 0.477 e. The molecule has 102 valence electrons. The average Bonchev–Trinajstić information content (AvgIpc) is 2.48. The molecule has 1 aromatic heterocycles. The second-order valence-corrected chi connectivity index (χ2v) is 4.18. The predicted molar refractivity (Wildman–Crippen MR) is 74.6 cm³/mol. The van der Waals surface area contributed by atoms with Crippen LogP contribution in [0, 0.1) is 0 Å². The van der Waals surface area contributed by atoms with Crippen LogP contribution in [-0.2, 0) is 0 Å². The van der Waals surface area contributed by atoms with E-state index in [1.54, 1.807) is 24.3 Å². The van der Waals surface area contributed by atoms with Crippen molar-refractivity contribution in [1.82, 2.24) is 10.3 Å². The number of carbonyl (C=O) groups is 2. The highest BCUT2D eigenvalue weighted by atomic mass is 16.4. The molecule has 0 aliphatic carbocycles. The molecule has 5 heteroatoms. The number of nitrogens with one attached hydrogen (secondary N) is 1. The summed E-state index contributed by atoms with van der Waals surface area (Å²) in [7, 11) is 0. The van der Waals surface area contributed by atoms with Crippen LogP contribution in [0.4, 0.5) is 0 Å². The van der Waals surface area contributed by atoms with Crippen molar-refractivity contribution in [2.45, 2.75) is 6.92 Å². The minimum atomic E-state index is -1.08. The van der Waals surface area contributed by atoms with Crippen LogP contribution in [0.2, 0.25) is 0 Å². The fourth-order valence-corrected chi connectivity index (χ4v) is 1.83. The zero-order valence-electron chi connectivity index (χ0n) is 11.0. The summed E-state index contributed by atoms with van der Waals surface area (Å²) in [5.41, 5.74) is 2.01. The molecule has 2 aromatic rings. The molecular formula is C15H14N2O3. The van der Waals surface area contributed by atoms with Gasteiger partial charge in [-0.15, -0.1) is 0 Å². The molecule has 0 atom stereocenters. The molecule has 0 fully saturated rings. The number of hydrogen-bond donors (Lipinski definition) is 2. The van der Waals surface area contributed by atoms with E-state index in [-0.39, 0.29) is 11.6 Å². The monoisotopic (exact) mass is 270 g/mol. The number of amides is 1. The van der Waals surface area contributed by atoms with Crippen molar-refractivity contribution < 1.29 is 14.7 Å². The summed E-state index contributed by atoms with van der Waals surface area (Å²) in [5, 5.41) is 11.7. The molecule has 0 saturated heterocycles. The lowest BCUT2D eigenvalue weighted by Crippen LogP contribution is -2.22. The Balaban J connectivity index is 2.38. The molecule has 1 heterocycles. The smallest absolute Gasteiger partial charge is 0.354 e. The number of rotatable bonds is 4. The second-order valence-electron chi connectivity index (χ2n) is 4.18. The highest BCUT2D eigenvalue weighted by molar-refractivity contribution is 5.95. The first kappa shape index (κ1) is 13.7. The van der Waals surface area contributed by atoms with Gasteiger partial charge in [-0.1, -0.05) is 12.1 Å². The minimum Gasteiger partial charge on any atom is -0.477 e. The number of carboxylic acid groups (broad SMARTS) is 1. The Morgan fingerprint density at radius 3 is 2.65 bits per heavy atom. The Morgan fingerprint density at radius 1 is 1.20 bits per heavy atom. The van der Waals surface area contributed by atoms with E-state index < -0.39 is 5.97 Å². The second kappa shape index (κ2) is 5.97. The van der Waals surface area contributed by atoms with Crippen LogP contribution in [-0.4, -0.2) is 28.5 Å². The third kappa shape index (κ3) is 3.00. The summed E-state index contributed by atoms with van der Waals surface area (Å²) < 4.78 is 0. The maximum Gasteiger partial charge on any atom is 0.354 e. The van der Waals surface area contributed by atoms with Gasteiger partial charge in [-0.25, -0.2) is 9.78 Å². The van der Waals surface area contributed by atoms with Gasteiger partial charge in [-0.2, -0.15) is 0 Å². The van der Waals surface area contributed by atoms with Gasteiger partial charge in [0.15, 0.2) is 0 Å². The molecule has 1 amide bonds. The maximum atomic E-state index is 11.8. The molecule has 20 heavy (non-hydrogen) atoms. The van der Waals surface area contributed by atoms with Crippen molar-refractivity contribution in [3.05, 3.63) is 53.9 Å². The molecule has 0 spiro atoms. The van der Waals surface area contributed by atoms with E-state index >= 15 is 0 Å². The van der Waals surface area contributed by atoms with Gasteiger partial charge in [0, 0.05) is 18.3 Å². The third-order valence-electron chi connectivity index (χ3n) is 2.77. The SMILES string of the molecule is CCNC(=O)c1cccc(-c2ccnc(C(=O)O)c2)c1. The molecule has 0 aliphatic heterocycles. The van der Waals surface area contributed by atoms with Gasteiger partial charge in [-0.05, 0) is 42.3 Å². The third-order valence-corrected chi connectivity index (χ3v) is 2.77. The summed E-state index contributed by atoms with van der Waals surface area (Å²) in [6.07, 6.45) is 1.44. The molecule has 0 bridgehead atoms. The van der Waals surface area contributed by atoms with Crippen LogP contribution in [0.5, 0.6) is 0 Å². The Labute approximate surface area is 116 Å². The molecule has 5 nitrogen and oxygen atoms in total. The summed E-state index contributed by atoms with van der Waals surface area (Å²) in [4.78, 5) is 26.5. The van der Waals surface area contributed by atoms with Crippen molar-refractivity contribution in [2.24, 2.45) is 0 Å². The number of carbonyl (C=O) groups excluding carboxylic acids is 1. The van der Waals surface area contributed by atoms with Crippen molar-refractivity contribution in [2.75, 3.05) is 6.54 Å². The number of nitrogens with zero attached hydrogens (tertiary/aromatic N) is 1. The Hall–Kier alpha value is -2.69. The molecule has 1 aromatic carbocycles. The van der Waals surface area contributed by atoms with Crippen molar-refractivity contribution in [1.29, 1.82) is 0 Å². The van der Waals surface area contributed by atoms with E-state index in [1.165, 1.54) is 12.3 Å². The number of aromatic nitrogens is 1. The number of hydrogen-bond acceptors (Lipinski definition) is 3. The molecule has 0 radical (unpaired) electrons. The normalized spacial score (nSPS) is 10.1. The van der Waals surface area contributed by atoms with Crippen molar-refractivity contribution in [3.8, 4) is 11.1 Å². The number of pyridine rings is 1. The lowest BCUT2D eigenvalue weighted by atomic mass is 10.0. The minimum absolute atomic E-state index is 0.0223. The van der Waals surface area contributed by atoms with Gasteiger partial charge < -0.3 is 10.4 Å². The van der Waals surface area contributed by atoms with Gasteiger partial charge in [0.1, 0.15) is 5.69 Å². The highest BCUT2D eigenvalue weighted by Gasteiger charge is 2.09. The average molecular weight is 270 g/mol. The van der Waals surface area contributed by atoms with Gasteiger partial charge >= 0.3 is 5.97 Å². The topological polar surface area (TPSA) is 79.3 Å². The summed E-state index contributed by atoms with van der Waals surface area (Å²) >= 11 is 0. The van der Waals surface area contributed by atoms with Crippen LogP contribution in [0.1, 0.15) is 27.8 Å². The van der Waals surface area contributed by atoms with Crippen LogP contribution in [0.25, 0.3) is 11.1 Å². The standard InChI is InChI=1S/C15H14N2O3/c1-2-16-14(18)12-5-3-4-10(8-12)11-6-7-17-13(9-11)15(19)20/h3-9H,2H2,1H3,(H,16,18)(H,19,20). The lowest BCUT2D eigenvalue weighted by molar-refractivity contribution is 0.0690. The van der Waals surface area contributed by atoms with Gasteiger partial charge in [0.05, 0.1) is 0 Å². The lowest BCUT2D eigenvalue weighted by Gasteiger charge is -2.06. The Kier molecular flexibility index (Phi) is 4.10. The number of benzene rings is 1. The first-order chi connectivity index (χ1) is 9.61. The van der Waals surface area contributed by atoms with Crippen molar-refractivity contribution in [3.63, 3.8) is 0 Å². The first-order valence-electron chi connectivity index (χ1n) is 6.20. The van der Waals surface area contributed by atoms with E-state index in [9.17, 15) is 9.59 Å². The molecule has 2 rings (SSSR count). The molecule has 0 unspecified atom stereocenters. The summed E-state index contributed by atoms with van der Waals surface area (Å²) in [5.74, 6) is -1.23. The van der Waals surface area contributed by atoms with Crippen LogP contribution >= 0.6 is 0 Å². The molecular weight excluding hydrogens is 256 g/mol.